The number of hydrogen-bond donors (Lipinski definition) is 1. The summed E-state index contributed by atoms with van der Waals surface area (Å²) >= 11 is 0. The predicted octanol–water partition coefficient (Wildman–Crippen LogP) is 2.41. The lowest BCUT2D eigenvalue weighted by atomic mass is 10.4. The molecular weight excluding hydrogens is 236 g/mol. The SMILES string of the molecule is CCCCO[SiH](C=C(C)C(=O)O)OCCCC. The van der Waals surface area contributed by atoms with Crippen molar-refractivity contribution in [2.45, 2.75) is 46.5 Å². The fourth-order valence-electron chi connectivity index (χ4n) is 1.11. The van der Waals surface area contributed by atoms with Crippen molar-refractivity contribution in [2.24, 2.45) is 0 Å². The van der Waals surface area contributed by atoms with Crippen molar-refractivity contribution in [3.63, 3.8) is 0 Å². The van der Waals surface area contributed by atoms with Crippen molar-refractivity contribution in [2.75, 3.05) is 13.2 Å². The van der Waals surface area contributed by atoms with E-state index in [1.165, 1.54) is 0 Å². The van der Waals surface area contributed by atoms with E-state index < -0.39 is 15.3 Å². The number of unbranched alkanes of at least 4 members (excludes halogenated alkanes) is 2. The molecule has 0 aliphatic rings. The number of rotatable bonds is 10. The summed E-state index contributed by atoms with van der Waals surface area (Å²) in [5.74, 6) is -0.902. The molecular formula is C12H24O4Si. The molecule has 0 amide bonds. The van der Waals surface area contributed by atoms with Gasteiger partial charge in [-0.25, -0.2) is 4.79 Å². The second kappa shape index (κ2) is 10.5. The molecule has 0 bridgehead atoms. The van der Waals surface area contributed by atoms with Gasteiger partial charge >= 0.3 is 15.3 Å². The zero-order chi connectivity index (χ0) is 13.1. The van der Waals surface area contributed by atoms with Crippen molar-refractivity contribution < 1.29 is 18.8 Å². The summed E-state index contributed by atoms with van der Waals surface area (Å²) in [6.45, 7) is 7.08. The van der Waals surface area contributed by atoms with Crippen molar-refractivity contribution in [1.29, 1.82) is 0 Å². The van der Waals surface area contributed by atoms with Gasteiger partial charge in [-0.3, -0.25) is 0 Å². The van der Waals surface area contributed by atoms with E-state index in [0.29, 0.717) is 18.8 Å². The Morgan fingerprint density at radius 3 is 2.00 bits per heavy atom. The van der Waals surface area contributed by atoms with Crippen molar-refractivity contribution >= 4 is 15.3 Å². The average Bonchev–Trinajstić information content (AvgIpc) is 2.29. The second-order valence-electron chi connectivity index (χ2n) is 3.97. The highest BCUT2D eigenvalue weighted by atomic mass is 28.3. The molecule has 1 N–H and O–H groups in total. The van der Waals surface area contributed by atoms with Crippen molar-refractivity contribution in [1.82, 2.24) is 0 Å². The molecule has 0 radical (unpaired) electrons. The van der Waals surface area contributed by atoms with Crippen molar-refractivity contribution in [3.8, 4) is 0 Å². The molecule has 4 nitrogen and oxygen atoms in total. The lowest BCUT2D eigenvalue weighted by molar-refractivity contribution is -0.132. The molecule has 100 valence electrons. The Labute approximate surface area is 105 Å². The van der Waals surface area contributed by atoms with Gasteiger partial charge in [0.25, 0.3) is 0 Å². The maximum Gasteiger partial charge on any atom is 0.348 e. The number of aliphatic carboxylic acids is 1. The first-order chi connectivity index (χ1) is 8.11. The van der Waals surface area contributed by atoms with Gasteiger partial charge in [0.05, 0.1) is 0 Å². The zero-order valence-electron chi connectivity index (χ0n) is 11.1. The Hall–Kier alpha value is -0.653. The molecule has 17 heavy (non-hydrogen) atoms. The van der Waals surface area contributed by atoms with Gasteiger partial charge < -0.3 is 14.0 Å². The molecule has 0 aromatic heterocycles. The lowest BCUT2D eigenvalue weighted by Crippen LogP contribution is -2.23. The standard InChI is InChI=1S/C12H24O4Si/c1-4-6-8-15-17(16-9-7-5-2)10-11(3)12(13)14/h10,17H,4-9H2,1-3H3,(H,13,14). The van der Waals surface area contributed by atoms with E-state index >= 15 is 0 Å². The summed E-state index contributed by atoms with van der Waals surface area (Å²) in [7, 11) is -1.95. The number of carboxylic acids is 1. The van der Waals surface area contributed by atoms with Crippen LogP contribution in [0.25, 0.3) is 0 Å². The highest BCUT2D eigenvalue weighted by molar-refractivity contribution is 6.51. The maximum absolute atomic E-state index is 10.7. The first-order valence-electron chi connectivity index (χ1n) is 6.26. The second-order valence-corrected chi connectivity index (χ2v) is 5.71. The van der Waals surface area contributed by atoms with E-state index in [-0.39, 0.29) is 0 Å². The summed E-state index contributed by atoms with van der Waals surface area (Å²) in [5.41, 5.74) is 1.97. The fraction of sp³-hybridized carbons (Fsp3) is 0.750. The quantitative estimate of drug-likeness (QED) is 0.372. The van der Waals surface area contributed by atoms with Gasteiger partial charge in [-0.1, -0.05) is 26.7 Å². The van der Waals surface area contributed by atoms with Gasteiger partial charge in [0.1, 0.15) is 0 Å². The van der Waals surface area contributed by atoms with Gasteiger partial charge in [-0.2, -0.15) is 0 Å². The van der Waals surface area contributed by atoms with Crippen LogP contribution < -0.4 is 0 Å². The summed E-state index contributed by atoms with van der Waals surface area (Å²) in [6.07, 6.45) is 4.11. The third kappa shape index (κ3) is 9.09. The minimum atomic E-state index is -1.95. The Balaban J connectivity index is 4.18. The normalized spacial score (nSPS) is 12.1. The summed E-state index contributed by atoms with van der Waals surface area (Å²) in [6, 6.07) is 0. The predicted molar refractivity (Wildman–Crippen MR) is 70.3 cm³/mol. The van der Waals surface area contributed by atoms with Crippen LogP contribution in [0.5, 0.6) is 0 Å². The molecule has 0 heterocycles. The average molecular weight is 260 g/mol. The van der Waals surface area contributed by atoms with Gasteiger partial charge in [-0.05, 0) is 25.5 Å². The van der Waals surface area contributed by atoms with Crippen LogP contribution in [0.4, 0.5) is 0 Å². The number of carbonyl (C=O) groups is 1. The van der Waals surface area contributed by atoms with E-state index in [2.05, 4.69) is 13.8 Å². The lowest BCUT2D eigenvalue weighted by Gasteiger charge is -2.13. The first-order valence-corrected chi connectivity index (χ1v) is 7.87. The van der Waals surface area contributed by atoms with Crippen LogP contribution in [0, 0.1) is 0 Å². The highest BCUT2D eigenvalue weighted by Gasteiger charge is 2.12. The molecule has 0 rings (SSSR count). The molecule has 5 heteroatoms. The largest absolute Gasteiger partial charge is 0.478 e. The van der Waals surface area contributed by atoms with Gasteiger partial charge in [-0.15, -0.1) is 0 Å². The van der Waals surface area contributed by atoms with E-state index in [0.717, 1.165) is 25.7 Å². The van der Waals surface area contributed by atoms with Crippen LogP contribution in [0.15, 0.2) is 11.3 Å². The zero-order valence-corrected chi connectivity index (χ0v) is 12.2. The molecule has 0 unspecified atom stereocenters. The molecule has 0 saturated carbocycles. The van der Waals surface area contributed by atoms with Crippen LogP contribution in [0.2, 0.25) is 0 Å². The van der Waals surface area contributed by atoms with Gasteiger partial charge in [0, 0.05) is 18.8 Å². The molecule has 0 fully saturated rings. The topological polar surface area (TPSA) is 55.8 Å². The van der Waals surface area contributed by atoms with Gasteiger partial charge in [0.2, 0.25) is 0 Å². The van der Waals surface area contributed by atoms with E-state index in [4.69, 9.17) is 14.0 Å². The van der Waals surface area contributed by atoms with E-state index in [1.807, 2.05) is 0 Å². The minimum absolute atomic E-state index is 0.315. The maximum atomic E-state index is 10.7. The van der Waals surface area contributed by atoms with Crippen LogP contribution >= 0.6 is 0 Å². The van der Waals surface area contributed by atoms with Crippen LogP contribution in [0.1, 0.15) is 46.5 Å². The van der Waals surface area contributed by atoms with Crippen LogP contribution in [-0.4, -0.2) is 33.6 Å². The van der Waals surface area contributed by atoms with Crippen LogP contribution in [-0.2, 0) is 13.6 Å². The molecule has 0 spiro atoms. The van der Waals surface area contributed by atoms with Crippen molar-refractivity contribution in [3.05, 3.63) is 11.3 Å². The molecule has 0 aromatic carbocycles. The monoisotopic (exact) mass is 260 g/mol. The number of hydrogen-bond acceptors (Lipinski definition) is 3. The fourth-order valence-corrected chi connectivity index (χ4v) is 2.74. The molecule has 0 atom stereocenters. The summed E-state index contributed by atoms with van der Waals surface area (Å²) < 4.78 is 11.3. The molecule has 0 saturated heterocycles. The third-order valence-corrected chi connectivity index (χ3v) is 4.18. The Morgan fingerprint density at radius 1 is 1.18 bits per heavy atom. The van der Waals surface area contributed by atoms with Gasteiger partial charge in [0.15, 0.2) is 0 Å². The van der Waals surface area contributed by atoms with E-state index in [9.17, 15) is 4.79 Å². The molecule has 0 aliphatic heterocycles. The molecule has 0 aliphatic carbocycles. The molecule has 0 aromatic rings. The summed E-state index contributed by atoms with van der Waals surface area (Å²) in [4.78, 5) is 10.7. The Morgan fingerprint density at radius 2 is 1.65 bits per heavy atom. The summed E-state index contributed by atoms with van der Waals surface area (Å²) in [5, 5.41) is 8.82. The third-order valence-electron chi connectivity index (χ3n) is 2.28. The Bertz CT molecular complexity index is 231. The Kier molecular flexibility index (Phi) is 10.1. The van der Waals surface area contributed by atoms with E-state index in [1.54, 1.807) is 12.6 Å². The minimum Gasteiger partial charge on any atom is -0.478 e. The van der Waals surface area contributed by atoms with Crippen LogP contribution in [0.3, 0.4) is 0 Å². The highest BCUT2D eigenvalue weighted by Crippen LogP contribution is 2.02. The first kappa shape index (κ1) is 16.3. The smallest absolute Gasteiger partial charge is 0.348 e. The number of carboxylic acid groups (broad SMARTS) is 1.